The Bertz CT molecular complexity index is 1820. The lowest BCUT2D eigenvalue weighted by Gasteiger charge is -2.37. The first kappa shape index (κ1) is 32.0. The molecule has 0 amide bonds. The van der Waals surface area contributed by atoms with E-state index >= 15 is 0 Å². The van der Waals surface area contributed by atoms with E-state index in [1.54, 1.807) is 21.1 Å². The second-order valence-corrected chi connectivity index (χ2v) is 11.5. The Kier molecular flexibility index (Phi) is 9.68. The van der Waals surface area contributed by atoms with Crippen LogP contribution in [0.4, 0.5) is 0 Å². The van der Waals surface area contributed by atoms with Gasteiger partial charge in [0.1, 0.15) is 29.4 Å². The van der Waals surface area contributed by atoms with Gasteiger partial charge in [-0.3, -0.25) is 14.3 Å². The maximum absolute atomic E-state index is 12.9. The molecule has 0 aliphatic carbocycles. The van der Waals surface area contributed by atoms with Gasteiger partial charge in [-0.25, -0.2) is 4.79 Å². The number of hydrogen-bond donors (Lipinski definition) is 1. The minimum atomic E-state index is -1.06. The van der Waals surface area contributed by atoms with Crippen molar-refractivity contribution >= 4 is 0 Å². The second kappa shape index (κ2) is 14.2. The Morgan fingerprint density at radius 2 is 1.34 bits per heavy atom. The standard InChI is InChI=1S/C38H38N2O7/c1-26-23-40(37(42)39-36(26)41)35-22-33(45-24-27-10-6-4-7-11-27)34(47-35)25-46-38(28-12-8-5-9-13-28,29-14-18-31(43-2)19-15-29)30-16-20-32(44-3)21-17-30/h4-21,23,33-35H,22,24-25H2,1-3H3,(H,39,41,42)/t33-,34+,35+/m0/s1. The van der Waals surface area contributed by atoms with Crippen LogP contribution in [0, 0.1) is 6.92 Å². The molecule has 5 aromatic rings. The first-order valence-corrected chi connectivity index (χ1v) is 15.5. The molecular weight excluding hydrogens is 596 g/mol. The van der Waals surface area contributed by atoms with Crippen molar-refractivity contribution in [3.05, 3.63) is 164 Å². The van der Waals surface area contributed by atoms with Crippen LogP contribution in [-0.2, 0) is 26.4 Å². The van der Waals surface area contributed by atoms with Crippen molar-refractivity contribution in [2.45, 2.75) is 44.0 Å². The summed E-state index contributed by atoms with van der Waals surface area (Å²) < 4.78 is 32.5. The third kappa shape index (κ3) is 6.78. The summed E-state index contributed by atoms with van der Waals surface area (Å²) in [5.41, 5.74) is 2.10. The monoisotopic (exact) mass is 634 g/mol. The molecule has 1 fully saturated rings. The van der Waals surface area contributed by atoms with Gasteiger partial charge in [0, 0.05) is 18.2 Å². The van der Waals surface area contributed by atoms with Crippen LogP contribution in [0.3, 0.4) is 0 Å². The topological polar surface area (TPSA) is 101 Å². The first-order chi connectivity index (χ1) is 22.9. The van der Waals surface area contributed by atoms with Crippen molar-refractivity contribution in [3.8, 4) is 11.5 Å². The second-order valence-electron chi connectivity index (χ2n) is 11.5. The number of rotatable bonds is 12. The minimum Gasteiger partial charge on any atom is -0.497 e. The molecule has 0 saturated carbocycles. The van der Waals surface area contributed by atoms with Crippen molar-refractivity contribution in [1.29, 1.82) is 0 Å². The zero-order valence-electron chi connectivity index (χ0n) is 26.6. The largest absolute Gasteiger partial charge is 0.497 e. The van der Waals surface area contributed by atoms with E-state index < -0.39 is 35.3 Å². The lowest BCUT2D eigenvalue weighted by atomic mass is 9.80. The van der Waals surface area contributed by atoms with Gasteiger partial charge < -0.3 is 23.7 Å². The molecule has 1 aliphatic heterocycles. The molecule has 9 nitrogen and oxygen atoms in total. The Balaban J connectivity index is 1.40. The number of ether oxygens (including phenoxy) is 5. The molecule has 0 unspecified atom stereocenters. The summed E-state index contributed by atoms with van der Waals surface area (Å²) in [7, 11) is 3.27. The summed E-state index contributed by atoms with van der Waals surface area (Å²) in [4.78, 5) is 27.4. The van der Waals surface area contributed by atoms with Gasteiger partial charge in [-0.1, -0.05) is 84.9 Å². The average molecular weight is 635 g/mol. The molecule has 1 aromatic heterocycles. The van der Waals surface area contributed by atoms with Gasteiger partial charge >= 0.3 is 5.69 Å². The van der Waals surface area contributed by atoms with Gasteiger partial charge in [-0.15, -0.1) is 0 Å². The van der Waals surface area contributed by atoms with E-state index in [2.05, 4.69) is 4.98 Å². The quantitative estimate of drug-likeness (QED) is 0.175. The molecule has 1 saturated heterocycles. The molecule has 0 radical (unpaired) electrons. The predicted molar refractivity (Wildman–Crippen MR) is 178 cm³/mol. The van der Waals surface area contributed by atoms with Crippen LogP contribution in [0.15, 0.2) is 125 Å². The Morgan fingerprint density at radius 1 is 0.787 bits per heavy atom. The van der Waals surface area contributed by atoms with Gasteiger partial charge in [0.25, 0.3) is 5.56 Å². The Labute approximate surface area is 273 Å². The van der Waals surface area contributed by atoms with Crippen LogP contribution in [0.5, 0.6) is 11.5 Å². The van der Waals surface area contributed by atoms with Gasteiger partial charge in [-0.05, 0) is 53.4 Å². The van der Waals surface area contributed by atoms with Crippen LogP contribution in [0.25, 0.3) is 0 Å². The summed E-state index contributed by atoms with van der Waals surface area (Å²) in [5.74, 6) is 1.45. The van der Waals surface area contributed by atoms with Crippen LogP contribution in [0.1, 0.15) is 40.5 Å². The van der Waals surface area contributed by atoms with Gasteiger partial charge in [0.15, 0.2) is 0 Å². The van der Waals surface area contributed by atoms with Crippen molar-refractivity contribution in [2.24, 2.45) is 0 Å². The zero-order valence-corrected chi connectivity index (χ0v) is 26.6. The van der Waals surface area contributed by atoms with E-state index in [0.717, 1.165) is 33.8 Å². The molecule has 242 valence electrons. The Morgan fingerprint density at radius 3 is 1.91 bits per heavy atom. The molecule has 1 aliphatic rings. The molecule has 47 heavy (non-hydrogen) atoms. The molecular formula is C38H38N2O7. The summed E-state index contributed by atoms with van der Waals surface area (Å²) in [6.07, 6.45) is 0.282. The number of aryl methyl sites for hydroxylation is 1. The normalized spacial score (nSPS) is 17.8. The number of aromatic nitrogens is 2. The van der Waals surface area contributed by atoms with Crippen molar-refractivity contribution in [2.75, 3.05) is 20.8 Å². The molecule has 4 aromatic carbocycles. The number of hydrogen-bond acceptors (Lipinski definition) is 7. The number of nitrogens with one attached hydrogen (secondary N) is 1. The van der Waals surface area contributed by atoms with E-state index in [1.807, 2.05) is 109 Å². The van der Waals surface area contributed by atoms with Crippen molar-refractivity contribution < 1.29 is 23.7 Å². The summed E-state index contributed by atoms with van der Waals surface area (Å²) in [5, 5.41) is 0. The van der Waals surface area contributed by atoms with Gasteiger partial charge in [0.05, 0.1) is 33.5 Å². The summed E-state index contributed by atoms with van der Waals surface area (Å²) >= 11 is 0. The van der Waals surface area contributed by atoms with Crippen molar-refractivity contribution in [3.63, 3.8) is 0 Å². The fourth-order valence-electron chi connectivity index (χ4n) is 6.06. The number of H-pyrrole nitrogens is 1. The molecule has 1 N–H and O–H groups in total. The average Bonchev–Trinajstić information content (AvgIpc) is 3.53. The highest BCUT2D eigenvalue weighted by Gasteiger charge is 2.43. The van der Waals surface area contributed by atoms with Crippen LogP contribution < -0.4 is 20.7 Å². The molecule has 9 heteroatoms. The van der Waals surface area contributed by atoms with Crippen LogP contribution in [-0.4, -0.2) is 42.6 Å². The number of benzene rings is 4. The molecule has 0 bridgehead atoms. The van der Waals surface area contributed by atoms with E-state index in [-0.39, 0.29) is 6.61 Å². The fourth-order valence-corrected chi connectivity index (χ4v) is 6.06. The maximum Gasteiger partial charge on any atom is 0.330 e. The smallest absolute Gasteiger partial charge is 0.330 e. The molecule has 0 spiro atoms. The lowest BCUT2D eigenvalue weighted by molar-refractivity contribution is -0.106. The minimum absolute atomic E-state index is 0.125. The lowest BCUT2D eigenvalue weighted by Crippen LogP contribution is -2.38. The SMILES string of the molecule is COc1ccc(C(OC[C@H]2O[C@@H](n3cc(C)c(=O)[nH]c3=O)C[C@@H]2OCc2ccccc2)(c2ccccc2)c2ccc(OC)cc2)cc1. The number of nitrogens with zero attached hydrogens (tertiary/aromatic N) is 1. The zero-order chi connectivity index (χ0) is 32.8. The highest BCUT2D eigenvalue weighted by molar-refractivity contribution is 5.49. The summed E-state index contributed by atoms with van der Waals surface area (Å²) in [6, 6.07) is 35.6. The molecule has 3 atom stereocenters. The number of aromatic amines is 1. The molecule has 2 heterocycles. The van der Waals surface area contributed by atoms with E-state index in [0.29, 0.717) is 18.6 Å². The predicted octanol–water partition coefficient (Wildman–Crippen LogP) is 5.74. The number of methoxy groups -OCH3 is 2. The van der Waals surface area contributed by atoms with E-state index in [4.69, 9.17) is 23.7 Å². The third-order valence-electron chi connectivity index (χ3n) is 8.58. The van der Waals surface area contributed by atoms with Gasteiger partial charge in [0.2, 0.25) is 0 Å². The highest BCUT2D eigenvalue weighted by Crippen LogP contribution is 2.43. The summed E-state index contributed by atoms with van der Waals surface area (Å²) in [6.45, 7) is 2.14. The van der Waals surface area contributed by atoms with E-state index in [9.17, 15) is 9.59 Å². The van der Waals surface area contributed by atoms with Crippen LogP contribution in [0.2, 0.25) is 0 Å². The highest BCUT2D eigenvalue weighted by atomic mass is 16.6. The Hall–Kier alpha value is -4.96. The first-order valence-electron chi connectivity index (χ1n) is 15.5. The van der Waals surface area contributed by atoms with Crippen molar-refractivity contribution in [1.82, 2.24) is 9.55 Å². The van der Waals surface area contributed by atoms with Crippen LogP contribution >= 0.6 is 0 Å². The van der Waals surface area contributed by atoms with E-state index in [1.165, 1.54) is 10.8 Å². The third-order valence-corrected chi connectivity index (χ3v) is 8.58. The maximum atomic E-state index is 12.9. The molecule has 6 rings (SSSR count). The fraction of sp³-hybridized carbons (Fsp3) is 0.263. The van der Waals surface area contributed by atoms with Gasteiger partial charge in [-0.2, -0.15) is 0 Å².